The highest BCUT2D eigenvalue weighted by Crippen LogP contribution is 2.33. The average Bonchev–Trinajstić information content (AvgIpc) is 3.44. The molecule has 36 heavy (non-hydrogen) atoms. The van der Waals surface area contributed by atoms with Crippen LogP contribution in [0.5, 0.6) is 5.75 Å². The summed E-state index contributed by atoms with van der Waals surface area (Å²) in [4.78, 5) is 19.9. The van der Waals surface area contributed by atoms with Crippen LogP contribution in [0.2, 0.25) is 0 Å². The zero-order valence-electron chi connectivity index (χ0n) is 21.7. The largest absolute Gasteiger partial charge is 0.492 e. The summed E-state index contributed by atoms with van der Waals surface area (Å²) in [6.07, 6.45) is 1.46. The quantitative estimate of drug-likeness (QED) is 0.303. The first kappa shape index (κ1) is 24.1. The highest BCUT2D eigenvalue weighted by Gasteiger charge is 2.34. The van der Waals surface area contributed by atoms with Crippen LogP contribution in [0.25, 0.3) is 11.0 Å². The summed E-state index contributed by atoms with van der Waals surface area (Å²) >= 11 is 0. The van der Waals surface area contributed by atoms with Gasteiger partial charge >= 0.3 is 0 Å². The molecular weight excluding hydrogens is 446 g/mol. The minimum absolute atomic E-state index is 0.0434. The number of carbonyl (C=O) groups excluding carboxylic acids is 1. The summed E-state index contributed by atoms with van der Waals surface area (Å²) in [5.74, 6) is 2.02. The summed E-state index contributed by atoms with van der Waals surface area (Å²) < 4.78 is 8.36. The van der Waals surface area contributed by atoms with Gasteiger partial charge < -0.3 is 14.2 Å². The molecule has 5 nitrogen and oxygen atoms in total. The van der Waals surface area contributed by atoms with Gasteiger partial charge in [0.15, 0.2) is 0 Å². The van der Waals surface area contributed by atoms with Crippen LogP contribution in [0.4, 0.5) is 5.69 Å². The third-order valence-corrected chi connectivity index (χ3v) is 7.13. The first-order valence-corrected chi connectivity index (χ1v) is 12.9. The molecule has 0 aliphatic carbocycles. The Morgan fingerprint density at radius 2 is 1.69 bits per heavy atom. The second kappa shape index (κ2) is 9.81. The minimum Gasteiger partial charge on any atom is -0.492 e. The number of anilines is 1. The maximum Gasteiger partial charge on any atom is 0.227 e. The molecule has 1 aromatic heterocycles. The number of para-hydroxylation sites is 2. The van der Waals surface area contributed by atoms with Crippen molar-refractivity contribution in [3.63, 3.8) is 0 Å². The number of ether oxygens (including phenoxy) is 1. The maximum absolute atomic E-state index is 13.0. The lowest BCUT2D eigenvalue weighted by Gasteiger charge is -2.19. The summed E-state index contributed by atoms with van der Waals surface area (Å²) in [5, 5.41) is 0. The van der Waals surface area contributed by atoms with Crippen molar-refractivity contribution in [3.8, 4) is 5.75 Å². The van der Waals surface area contributed by atoms with Gasteiger partial charge in [-0.25, -0.2) is 4.98 Å². The van der Waals surface area contributed by atoms with E-state index in [9.17, 15) is 4.79 Å². The molecule has 0 saturated carbocycles. The van der Waals surface area contributed by atoms with Crippen LogP contribution in [-0.2, 0) is 23.2 Å². The van der Waals surface area contributed by atoms with Crippen molar-refractivity contribution in [2.75, 3.05) is 18.1 Å². The van der Waals surface area contributed by atoms with Crippen LogP contribution in [0.3, 0.4) is 0 Å². The van der Waals surface area contributed by atoms with Gasteiger partial charge in [-0.05, 0) is 59.4 Å². The third kappa shape index (κ3) is 4.88. The van der Waals surface area contributed by atoms with Gasteiger partial charge in [-0.2, -0.15) is 0 Å². The van der Waals surface area contributed by atoms with Crippen molar-refractivity contribution < 1.29 is 9.53 Å². The monoisotopic (exact) mass is 481 g/mol. The van der Waals surface area contributed by atoms with Gasteiger partial charge in [0, 0.05) is 24.6 Å². The van der Waals surface area contributed by atoms with Crippen molar-refractivity contribution in [3.05, 3.63) is 89.7 Å². The predicted molar refractivity (Wildman–Crippen MR) is 146 cm³/mol. The highest BCUT2D eigenvalue weighted by atomic mass is 16.5. The number of amides is 1. The van der Waals surface area contributed by atoms with Crippen LogP contribution in [0, 0.1) is 0 Å². The molecule has 1 saturated heterocycles. The topological polar surface area (TPSA) is 47.4 Å². The van der Waals surface area contributed by atoms with E-state index in [1.807, 2.05) is 35.2 Å². The van der Waals surface area contributed by atoms with E-state index in [2.05, 4.69) is 74.7 Å². The number of aromatic nitrogens is 2. The first-order valence-electron chi connectivity index (χ1n) is 12.9. The smallest absolute Gasteiger partial charge is 0.227 e. The second-order valence-corrected chi connectivity index (χ2v) is 10.7. The number of aryl methyl sites for hydroxylation is 1. The lowest BCUT2D eigenvalue weighted by molar-refractivity contribution is -0.117. The molecule has 1 aliphatic rings. The summed E-state index contributed by atoms with van der Waals surface area (Å²) in [6, 6.07) is 24.9. The molecule has 1 atom stereocenters. The fraction of sp³-hybridized carbons (Fsp3) is 0.355. The fourth-order valence-corrected chi connectivity index (χ4v) is 4.99. The molecular formula is C31H35N3O2. The molecule has 1 fully saturated rings. The molecule has 0 spiro atoms. The Morgan fingerprint density at radius 3 is 2.39 bits per heavy atom. The van der Waals surface area contributed by atoms with E-state index in [0.717, 1.165) is 34.7 Å². The van der Waals surface area contributed by atoms with Crippen molar-refractivity contribution in [2.45, 2.75) is 58.4 Å². The summed E-state index contributed by atoms with van der Waals surface area (Å²) in [6.45, 7) is 10.6. The number of benzene rings is 3. The molecule has 3 aromatic carbocycles. The first-order chi connectivity index (χ1) is 17.3. The van der Waals surface area contributed by atoms with Crippen LogP contribution in [0.1, 0.15) is 57.0 Å². The summed E-state index contributed by atoms with van der Waals surface area (Å²) in [5.41, 5.74) is 5.68. The molecule has 186 valence electrons. The minimum atomic E-state index is 0.0434. The molecule has 0 N–H and O–H groups in total. The molecule has 4 aromatic rings. The molecule has 5 heteroatoms. The van der Waals surface area contributed by atoms with E-state index in [4.69, 9.17) is 9.72 Å². The third-order valence-electron chi connectivity index (χ3n) is 7.13. The Hall–Kier alpha value is -3.60. The van der Waals surface area contributed by atoms with Crippen LogP contribution >= 0.6 is 0 Å². The Kier molecular flexibility index (Phi) is 6.57. The Balaban J connectivity index is 1.34. The van der Waals surface area contributed by atoms with Crippen molar-refractivity contribution in [1.82, 2.24) is 9.55 Å². The number of rotatable bonds is 7. The number of hydrogen-bond donors (Lipinski definition) is 0. The maximum atomic E-state index is 13.0. The predicted octanol–water partition coefficient (Wildman–Crippen LogP) is 6.50. The van der Waals surface area contributed by atoms with E-state index in [1.54, 1.807) is 0 Å². The van der Waals surface area contributed by atoms with Gasteiger partial charge in [0.2, 0.25) is 5.91 Å². The summed E-state index contributed by atoms with van der Waals surface area (Å²) in [7, 11) is 0. The van der Waals surface area contributed by atoms with Gasteiger partial charge in [0.05, 0.1) is 17.6 Å². The molecule has 0 radical (unpaired) electrons. The van der Waals surface area contributed by atoms with Gasteiger partial charge in [-0.1, -0.05) is 64.1 Å². The molecule has 1 amide bonds. The Morgan fingerprint density at radius 1 is 0.972 bits per heavy atom. The standard InChI is InChI=1S/C31H35N3O2/c1-5-22-10-14-25(15-11-22)34-21-23(20-29(34)35)30-32-27-8-6-7-9-28(27)33(30)18-19-36-26-16-12-24(13-17-26)31(2,3)4/h6-17,23H,5,18-21H2,1-4H3. The van der Waals surface area contributed by atoms with Crippen molar-refractivity contribution in [2.24, 2.45) is 0 Å². The van der Waals surface area contributed by atoms with Gasteiger partial charge in [-0.3, -0.25) is 4.79 Å². The lowest BCUT2D eigenvalue weighted by atomic mass is 9.87. The lowest BCUT2D eigenvalue weighted by Crippen LogP contribution is -2.24. The zero-order chi connectivity index (χ0) is 25.3. The van der Waals surface area contributed by atoms with Crippen molar-refractivity contribution >= 4 is 22.6 Å². The average molecular weight is 482 g/mol. The van der Waals surface area contributed by atoms with Crippen LogP contribution < -0.4 is 9.64 Å². The van der Waals surface area contributed by atoms with E-state index in [-0.39, 0.29) is 17.2 Å². The van der Waals surface area contributed by atoms with Crippen molar-refractivity contribution in [1.29, 1.82) is 0 Å². The molecule has 2 heterocycles. The van der Waals surface area contributed by atoms with Gasteiger partial charge in [-0.15, -0.1) is 0 Å². The molecule has 0 bridgehead atoms. The number of imidazole rings is 1. The second-order valence-electron chi connectivity index (χ2n) is 10.7. The van der Waals surface area contributed by atoms with E-state index < -0.39 is 0 Å². The van der Waals surface area contributed by atoms with E-state index in [0.29, 0.717) is 26.1 Å². The number of carbonyl (C=O) groups is 1. The van der Waals surface area contributed by atoms with Crippen LogP contribution in [0.15, 0.2) is 72.8 Å². The van der Waals surface area contributed by atoms with Gasteiger partial charge in [0.25, 0.3) is 0 Å². The Bertz CT molecular complexity index is 1350. The Labute approximate surface area is 213 Å². The number of hydrogen-bond acceptors (Lipinski definition) is 3. The number of nitrogens with zero attached hydrogens (tertiary/aromatic N) is 3. The number of fused-ring (bicyclic) bond motifs is 1. The van der Waals surface area contributed by atoms with E-state index >= 15 is 0 Å². The van der Waals surface area contributed by atoms with Crippen LogP contribution in [-0.4, -0.2) is 28.6 Å². The molecule has 1 unspecified atom stereocenters. The molecule has 5 rings (SSSR count). The zero-order valence-corrected chi connectivity index (χ0v) is 21.7. The van der Waals surface area contributed by atoms with E-state index in [1.165, 1.54) is 11.1 Å². The van der Waals surface area contributed by atoms with Gasteiger partial charge in [0.1, 0.15) is 18.2 Å². The normalized spacial score (nSPS) is 16.2. The SMILES string of the molecule is CCc1ccc(N2CC(c3nc4ccccc4n3CCOc3ccc(C(C)(C)C)cc3)CC2=O)cc1. The highest BCUT2D eigenvalue weighted by molar-refractivity contribution is 5.96. The molecule has 1 aliphatic heterocycles. The fourth-order valence-electron chi connectivity index (χ4n) is 4.99.